The molecule has 0 bridgehead atoms. The number of aromatic nitrogens is 1. The maximum absolute atomic E-state index is 12.3. The molecule has 2 aromatic carbocycles. The van der Waals surface area contributed by atoms with E-state index in [1.165, 1.54) is 0 Å². The molecular weight excluding hydrogens is 367 g/mol. The van der Waals surface area contributed by atoms with E-state index in [0.29, 0.717) is 31.9 Å². The molecule has 0 spiro atoms. The van der Waals surface area contributed by atoms with E-state index in [9.17, 15) is 10.1 Å². The van der Waals surface area contributed by atoms with E-state index in [4.69, 9.17) is 34.8 Å². The summed E-state index contributed by atoms with van der Waals surface area (Å²) in [6, 6.07) is 15.7. The van der Waals surface area contributed by atoms with Gasteiger partial charge in [-0.1, -0.05) is 53.0 Å². The number of rotatable bonds is 2. The molecule has 0 saturated carbocycles. The van der Waals surface area contributed by atoms with Gasteiger partial charge in [0.25, 0.3) is 5.56 Å². The molecule has 0 aliphatic rings. The van der Waals surface area contributed by atoms with Gasteiger partial charge in [0.05, 0.1) is 10.0 Å². The van der Waals surface area contributed by atoms with Crippen LogP contribution in [0.3, 0.4) is 0 Å². The molecular formula is C18H9Cl3N2O. The summed E-state index contributed by atoms with van der Waals surface area (Å²) in [6.45, 7) is 0. The third kappa shape index (κ3) is 3.18. The number of pyridine rings is 1. The van der Waals surface area contributed by atoms with Crippen LogP contribution in [0, 0.1) is 11.3 Å². The topological polar surface area (TPSA) is 56.6 Å². The number of nitrogens with zero attached hydrogens (tertiary/aromatic N) is 1. The number of hydrogen-bond donors (Lipinski definition) is 1. The number of hydrogen-bond acceptors (Lipinski definition) is 2. The predicted octanol–water partition coefficient (Wildman–Crippen LogP) is 5.54. The Kier molecular flexibility index (Phi) is 4.64. The molecule has 3 nitrogen and oxygen atoms in total. The highest BCUT2D eigenvalue weighted by Gasteiger charge is 2.13. The molecule has 0 aliphatic carbocycles. The Morgan fingerprint density at radius 1 is 0.875 bits per heavy atom. The van der Waals surface area contributed by atoms with Gasteiger partial charge in [-0.25, -0.2) is 0 Å². The lowest BCUT2D eigenvalue weighted by Gasteiger charge is -2.09. The highest BCUT2D eigenvalue weighted by Crippen LogP contribution is 2.30. The monoisotopic (exact) mass is 374 g/mol. The van der Waals surface area contributed by atoms with Crippen molar-refractivity contribution < 1.29 is 0 Å². The van der Waals surface area contributed by atoms with Crippen molar-refractivity contribution in [2.45, 2.75) is 0 Å². The summed E-state index contributed by atoms with van der Waals surface area (Å²) in [5.74, 6) is 0. The van der Waals surface area contributed by atoms with E-state index < -0.39 is 5.56 Å². The van der Waals surface area contributed by atoms with Crippen LogP contribution in [0.15, 0.2) is 53.3 Å². The minimum Gasteiger partial charge on any atom is -0.321 e. The first kappa shape index (κ1) is 16.6. The van der Waals surface area contributed by atoms with Gasteiger partial charge in [-0.05, 0) is 41.5 Å². The fourth-order valence-electron chi connectivity index (χ4n) is 2.35. The molecule has 0 unspecified atom stereocenters. The lowest BCUT2D eigenvalue weighted by Crippen LogP contribution is -2.12. The van der Waals surface area contributed by atoms with E-state index in [0.717, 1.165) is 5.56 Å². The largest absolute Gasteiger partial charge is 0.321 e. The molecule has 1 aromatic heterocycles. The quantitative estimate of drug-likeness (QED) is 0.639. The van der Waals surface area contributed by atoms with Crippen LogP contribution in [0.4, 0.5) is 0 Å². The molecule has 3 rings (SSSR count). The van der Waals surface area contributed by atoms with E-state index in [1.807, 2.05) is 6.07 Å². The Balaban J connectivity index is 2.23. The fraction of sp³-hybridized carbons (Fsp3) is 0. The van der Waals surface area contributed by atoms with Crippen LogP contribution in [-0.4, -0.2) is 4.98 Å². The maximum Gasteiger partial charge on any atom is 0.266 e. The zero-order valence-electron chi connectivity index (χ0n) is 12.1. The smallest absolute Gasteiger partial charge is 0.266 e. The van der Waals surface area contributed by atoms with Gasteiger partial charge in [-0.3, -0.25) is 4.79 Å². The average Bonchev–Trinajstić information content (AvgIpc) is 2.57. The fourth-order valence-corrected chi connectivity index (χ4v) is 2.77. The van der Waals surface area contributed by atoms with Crippen LogP contribution in [0.1, 0.15) is 5.56 Å². The molecule has 118 valence electrons. The third-order valence-corrected chi connectivity index (χ3v) is 4.52. The van der Waals surface area contributed by atoms with Crippen molar-refractivity contribution in [3.63, 3.8) is 0 Å². The molecule has 24 heavy (non-hydrogen) atoms. The maximum atomic E-state index is 12.3. The summed E-state index contributed by atoms with van der Waals surface area (Å²) in [5.41, 5.74) is 2.07. The highest BCUT2D eigenvalue weighted by molar-refractivity contribution is 6.42. The third-order valence-electron chi connectivity index (χ3n) is 3.53. The molecule has 0 aliphatic heterocycles. The Morgan fingerprint density at radius 2 is 1.54 bits per heavy atom. The number of halogens is 3. The summed E-state index contributed by atoms with van der Waals surface area (Å²) in [5, 5.41) is 10.7. The van der Waals surface area contributed by atoms with E-state index in [2.05, 4.69) is 4.98 Å². The normalized spacial score (nSPS) is 10.4. The molecule has 0 saturated heterocycles. The van der Waals surface area contributed by atoms with Crippen LogP contribution in [0.25, 0.3) is 22.4 Å². The average molecular weight is 376 g/mol. The minimum absolute atomic E-state index is 0.0427. The van der Waals surface area contributed by atoms with Crippen LogP contribution in [-0.2, 0) is 0 Å². The van der Waals surface area contributed by atoms with Crippen molar-refractivity contribution in [3.05, 3.63) is 79.5 Å². The lowest BCUT2D eigenvalue weighted by molar-refractivity contribution is 1.22. The molecule has 0 fully saturated rings. The number of nitrogens with one attached hydrogen (secondary N) is 1. The molecule has 0 amide bonds. The zero-order chi connectivity index (χ0) is 17.3. The van der Waals surface area contributed by atoms with E-state index in [-0.39, 0.29) is 5.56 Å². The zero-order valence-corrected chi connectivity index (χ0v) is 14.4. The summed E-state index contributed by atoms with van der Waals surface area (Å²) >= 11 is 17.9. The minimum atomic E-state index is -0.467. The molecule has 6 heteroatoms. The molecule has 3 aromatic rings. The Bertz CT molecular complexity index is 1020. The van der Waals surface area contributed by atoms with Gasteiger partial charge in [0.1, 0.15) is 11.6 Å². The first-order valence-electron chi connectivity index (χ1n) is 6.88. The van der Waals surface area contributed by atoms with Gasteiger partial charge in [0, 0.05) is 16.3 Å². The Hall–Kier alpha value is -2.25. The second-order valence-corrected chi connectivity index (χ2v) is 6.30. The molecule has 0 radical (unpaired) electrons. The van der Waals surface area contributed by atoms with Crippen molar-refractivity contribution in [2.75, 3.05) is 0 Å². The van der Waals surface area contributed by atoms with Crippen LogP contribution >= 0.6 is 34.8 Å². The summed E-state index contributed by atoms with van der Waals surface area (Å²) in [6.07, 6.45) is 0. The van der Waals surface area contributed by atoms with Crippen LogP contribution in [0.2, 0.25) is 15.1 Å². The lowest BCUT2D eigenvalue weighted by atomic mass is 9.99. The highest BCUT2D eigenvalue weighted by atomic mass is 35.5. The van der Waals surface area contributed by atoms with Crippen molar-refractivity contribution >= 4 is 34.8 Å². The van der Waals surface area contributed by atoms with Gasteiger partial charge in [0.2, 0.25) is 0 Å². The van der Waals surface area contributed by atoms with E-state index in [1.54, 1.807) is 48.5 Å². The van der Waals surface area contributed by atoms with Crippen molar-refractivity contribution in [2.24, 2.45) is 0 Å². The summed E-state index contributed by atoms with van der Waals surface area (Å²) in [7, 11) is 0. The van der Waals surface area contributed by atoms with Crippen LogP contribution < -0.4 is 5.56 Å². The SMILES string of the molecule is N#Cc1c(-c2ccc(Cl)cc2)cc(-c2ccc(Cl)c(Cl)c2)[nH]c1=O. The standard InChI is InChI=1S/C18H9Cl3N2O/c19-12-4-1-10(2-5-12)13-8-17(23-18(24)14(13)9-22)11-3-6-15(20)16(21)7-11/h1-8H,(H,23,24). The van der Waals surface area contributed by atoms with Crippen molar-refractivity contribution in [1.82, 2.24) is 4.98 Å². The van der Waals surface area contributed by atoms with Gasteiger partial charge in [0.15, 0.2) is 0 Å². The van der Waals surface area contributed by atoms with Gasteiger partial charge < -0.3 is 4.98 Å². The molecule has 1 N–H and O–H groups in total. The Morgan fingerprint density at radius 3 is 2.17 bits per heavy atom. The number of nitriles is 1. The summed E-state index contributed by atoms with van der Waals surface area (Å²) < 4.78 is 0. The van der Waals surface area contributed by atoms with Gasteiger partial charge >= 0.3 is 0 Å². The number of H-pyrrole nitrogens is 1. The second-order valence-electron chi connectivity index (χ2n) is 5.05. The summed E-state index contributed by atoms with van der Waals surface area (Å²) in [4.78, 5) is 15.0. The second kappa shape index (κ2) is 6.70. The van der Waals surface area contributed by atoms with E-state index >= 15 is 0 Å². The van der Waals surface area contributed by atoms with Crippen LogP contribution in [0.5, 0.6) is 0 Å². The number of aromatic amines is 1. The molecule has 1 heterocycles. The first-order valence-corrected chi connectivity index (χ1v) is 8.02. The van der Waals surface area contributed by atoms with Gasteiger partial charge in [-0.2, -0.15) is 5.26 Å². The predicted molar refractivity (Wildman–Crippen MR) is 97.7 cm³/mol. The van der Waals surface area contributed by atoms with Crippen molar-refractivity contribution in [1.29, 1.82) is 5.26 Å². The van der Waals surface area contributed by atoms with Crippen molar-refractivity contribution in [3.8, 4) is 28.5 Å². The number of benzene rings is 2. The first-order chi connectivity index (χ1) is 11.5. The van der Waals surface area contributed by atoms with Gasteiger partial charge in [-0.15, -0.1) is 0 Å². The molecule has 0 atom stereocenters. The Labute approximate surface area is 153 Å².